The fourth-order valence-corrected chi connectivity index (χ4v) is 2.58. The van der Waals surface area contributed by atoms with E-state index in [4.69, 9.17) is 0 Å². The van der Waals surface area contributed by atoms with E-state index in [1.165, 1.54) is 0 Å². The molecule has 1 aliphatic carbocycles. The first-order valence-corrected chi connectivity index (χ1v) is 5.59. The summed E-state index contributed by atoms with van der Waals surface area (Å²) < 4.78 is 0.985. The molecular weight excluding hydrogens is 242 g/mol. The summed E-state index contributed by atoms with van der Waals surface area (Å²) in [6, 6.07) is 5.79. The maximum atomic E-state index is 12.1. The topological polar surface area (TPSA) is 29.1 Å². The van der Waals surface area contributed by atoms with Gasteiger partial charge in [0.25, 0.3) is 0 Å². The molecular formula is C11H10BrNO. The molecule has 1 aliphatic heterocycles. The molecule has 2 aliphatic rings. The van der Waals surface area contributed by atoms with Crippen molar-refractivity contribution in [2.24, 2.45) is 5.41 Å². The lowest BCUT2D eigenvalue weighted by atomic mass is 9.90. The molecule has 1 saturated carbocycles. The van der Waals surface area contributed by atoms with Crippen molar-refractivity contribution < 1.29 is 4.79 Å². The molecule has 0 radical (unpaired) electrons. The highest BCUT2D eigenvalue weighted by atomic mass is 79.9. The summed E-state index contributed by atoms with van der Waals surface area (Å²) in [5.74, 6) is 0.326. The van der Waals surface area contributed by atoms with Crippen LogP contribution in [0.25, 0.3) is 0 Å². The maximum absolute atomic E-state index is 12.1. The summed E-state index contributed by atoms with van der Waals surface area (Å²) in [5, 5.41) is 3.35. The van der Waals surface area contributed by atoms with E-state index in [2.05, 4.69) is 21.2 Å². The van der Waals surface area contributed by atoms with Crippen LogP contribution in [0.2, 0.25) is 0 Å². The second kappa shape index (κ2) is 2.60. The van der Waals surface area contributed by atoms with Gasteiger partial charge < -0.3 is 5.32 Å². The third-order valence-electron chi connectivity index (χ3n) is 3.20. The average Bonchev–Trinajstić information content (AvgIpc) is 2.94. The van der Waals surface area contributed by atoms with Gasteiger partial charge in [-0.25, -0.2) is 0 Å². The van der Waals surface area contributed by atoms with E-state index in [0.29, 0.717) is 5.78 Å². The fourth-order valence-electron chi connectivity index (χ4n) is 2.07. The number of halogens is 1. The van der Waals surface area contributed by atoms with Crippen molar-refractivity contribution >= 4 is 27.4 Å². The smallest absolute Gasteiger partial charge is 0.172 e. The first kappa shape index (κ1) is 8.48. The van der Waals surface area contributed by atoms with Crippen LogP contribution < -0.4 is 5.32 Å². The SMILES string of the molecule is O=C1c2cccc(Br)c2NCC12CC2. The van der Waals surface area contributed by atoms with Gasteiger partial charge in [-0.3, -0.25) is 4.79 Å². The third-order valence-corrected chi connectivity index (χ3v) is 3.86. The van der Waals surface area contributed by atoms with Gasteiger partial charge in [0.15, 0.2) is 5.78 Å². The molecule has 3 rings (SSSR count). The van der Waals surface area contributed by atoms with Crippen LogP contribution in [-0.4, -0.2) is 12.3 Å². The Morgan fingerprint density at radius 3 is 2.86 bits per heavy atom. The standard InChI is InChI=1S/C11H10BrNO/c12-8-3-1-2-7-9(8)13-6-11(4-5-11)10(7)14/h1-3,13H,4-6H2. The highest BCUT2D eigenvalue weighted by Gasteiger charge is 2.52. The van der Waals surface area contributed by atoms with Gasteiger partial charge in [-0.05, 0) is 40.9 Å². The third kappa shape index (κ3) is 0.989. The van der Waals surface area contributed by atoms with Crippen LogP contribution in [0.4, 0.5) is 5.69 Å². The average molecular weight is 252 g/mol. The number of Topliss-reactive ketones (excluding diaryl/α,β-unsaturated/α-hetero) is 1. The predicted octanol–water partition coefficient (Wildman–Crippen LogP) is 2.84. The molecule has 72 valence electrons. The number of hydrogen-bond acceptors (Lipinski definition) is 2. The number of ketones is 1. The van der Waals surface area contributed by atoms with Gasteiger partial charge >= 0.3 is 0 Å². The summed E-state index contributed by atoms with van der Waals surface area (Å²) in [5.41, 5.74) is 1.77. The lowest BCUT2D eigenvalue weighted by molar-refractivity contribution is 0.0903. The van der Waals surface area contributed by atoms with E-state index >= 15 is 0 Å². The molecule has 1 aromatic carbocycles. The molecule has 0 bridgehead atoms. The maximum Gasteiger partial charge on any atom is 0.172 e. The van der Waals surface area contributed by atoms with Gasteiger partial charge in [0.05, 0.1) is 11.1 Å². The summed E-state index contributed by atoms with van der Waals surface area (Å²) >= 11 is 3.45. The van der Waals surface area contributed by atoms with Crippen molar-refractivity contribution in [2.75, 3.05) is 11.9 Å². The summed E-state index contributed by atoms with van der Waals surface area (Å²) in [6.07, 6.45) is 2.09. The second-order valence-electron chi connectivity index (χ2n) is 4.13. The number of benzene rings is 1. The van der Waals surface area contributed by atoms with Crippen LogP contribution in [0.5, 0.6) is 0 Å². The molecule has 1 N–H and O–H groups in total. The number of hydrogen-bond donors (Lipinski definition) is 1. The number of anilines is 1. The minimum atomic E-state index is -0.0478. The zero-order chi connectivity index (χ0) is 9.76. The molecule has 0 amide bonds. The van der Waals surface area contributed by atoms with Gasteiger partial charge in [0.1, 0.15) is 0 Å². The lowest BCUT2D eigenvalue weighted by Gasteiger charge is -2.25. The van der Waals surface area contributed by atoms with E-state index in [1.807, 2.05) is 18.2 Å². The molecule has 1 fully saturated rings. The van der Waals surface area contributed by atoms with Crippen LogP contribution in [-0.2, 0) is 0 Å². The van der Waals surface area contributed by atoms with Gasteiger partial charge in [0.2, 0.25) is 0 Å². The van der Waals surface area contributed by atoms with Crippen LogP contribution in [0, 0.1) is 5.41 Å². The Hall–Kier alpha value is -0.830. The highest BCUT2D eigenvalue weighted by molar-refractivity contribution is 9.10. The van der Waals surface area contributed by atoms with Gasteiger partial charge in [-0.15, -0.1) is 0 Å². The van der Waals surface area contributed by atoms with Gasteiger partial charge in [-0.2, -0.15) is 0 Å². The first-order chi connectivity index (χ1) is 6.73. The number of nitrogens with one attached hydrogen (secondary N) is 1. The summed E-state index contributed by atoms with van der Waals surface area (Å²) in [6.45, 7) is 0.807. The first-order valence-electron chi connectivity index (χ1n) is 4.80. The Morgan fingerprint density at radius 1 is 1.36 bits per heavy atom. The van der Waals surface area contributed by atoms with E-state index in [9.17, 15) is 4.79 Å². The fraction of sp³-hybridized carbons (Fsp3) is 0.364. The predicted molar refractivity (Wildman–Crippen MR) is 58.6 cm³/mol. The van der Waals surface area contributed by atoms with Crippen molar-refractivity contribution in [1.29, 1.82) is 0 Å². The number of carbonyl (C=O) groups excluding carboxylic acids is 1. The van der Waals surface area contributed by atoms with Crippen molar-refractivity contribution in [2.45, 2.75) is 12.8 Å². The molecule has 1 heterocycles. The van der Waals surface area contributed by atoms with Crippen LogP contribution >= 0.6 is 15.9 Å². The Labute approximate surface area is 90.8 Å². The molecule has 0 aromatic heterocycles. The van der Waals surface area contributed by atoms with E-state index < -0.39 is 0 Å². The van der Waals surface area contributed by atoms with Crippen molar-refractivity contribution in [3.8, 4) is 0 Å². The number of para-hydroxylation sites is 1. The van der Waals surface area contributed by atoms with Crippen molar-refractivity contribution in [3.05, 3.63) is 28.2 Å². The van der Waals surface area contributed by atoms with Gasteiger partial charge in [-0.1, -0.05) is 6.07 Å². The molecule has 0 unspecified atom stereocenters. The summed E-state index contributed by atoms with van der Waals surface area (Å²) in [7, 11) is 0. The van der Waals surface area contributed by atoms with Crippen LogP contribution in [0.1, 0.15) is 23.2 Å². The molecule has 0 saturated heterocycles. The van der Waals surface area contributed by atoms with E-state index in [-0.39, 0.29) is 5.41 Å². The monoisotopic (exact) mass is 251 g/mol. The van der Waals surface area contributed by atoms with Crippen LogP contribution in [0.3, 0.4) is 0 Å². The quantitative estimate of drug-likeness (QED) is 0.769. The zero-order valence-corrected chi connectivity index (χ0v) is 9.23. The minimum absolute atomic E-state index is 0.0478. The van der Waals surface area contributed by atoms with E-state index in [0.717, 1.165) is 35.1 Å². The number of rotatable bonds is 0. The molecule has 1 aromatic rings. The Bertz CT molecular complexity index is 423. The largest absolute Gasteiger partial charge is 0.383 e. The Morgan fingerprint density at radius 2 is 2.14 bits per heavy atom. The van der Waals surface area contributed by atoms with E-state index in [1.54, 1.807) is 0 Å². The zero-order valence-electron chi connectivity index (χ0n) is 7.64. The van der Waals surface area contributed by atoms with Crippen molar-refractivity contribution in [3.63, 3.8) is 0 Å². The normalized spacial score (nSPS) is 21.6. The number of fused-ring (bicyclic) bond motifs is 1. The lowest BCUT2D eigenvalue weighted by Crippen LogP contribution is -2.31. The molecule has 3 heteroatoms. The second-order valence-corrected chi connectivity index (χ2v) is 4.98. The van der Waals surface area contributed by atoms with Crippen LogP contribution in [0.15, 0.2) is 22.7 Å². The number of carbonyl (C=O) groups is 1. The molecule has 14 heavy (non-hydrogen) atoms. The Kier molecular flexibility index (Phi) is 1.57. The summed E-state index contributed by atoms with van der Waals surface area (Å²) in [4.78, 5) is 12.1. The Balaban J connectivity index is 2.16. The van der Waals surface area contributed by atoms with Crippen molar-refractivity contribution in [1.82, 2.24) is 0 Å². The van der Waals surface area contributed by atoms with Gasteiger partial charge in [0, 0.05) is 16.6 Å². The molecule has 0 atom stereocenters. The molecule has 1 spiro atoms. The molecule has 2 nitrogen and oxygen atoms in total. The highest BCUT2D eigenvalue weighted by Crippen LogP contribution is 2.52. The minimum Gasteiger partial charge on any atom is -0.383 e.